The highest BCUT2D eigenvalue weighted by molar-refractivity contribution is 7.83. The number of hydrogen-bond donors (Lipinski definition) is 0. The fourth-order valence-corrected chi connectivity index (χ4v) is 3.22. The summed E-state index contributed by atoms with van der Waals surface area (Å²) in [7, 11) is -1.21. The molecule has 0 amide bonds. The average molecular weight is 345 g/mol. The van der Waals surface area contributed by atoms with Gasteiger partial charge < -0.3 is 8.94 Å². The summed E-state index contributed by atoms with van der Waals surface area (Å²) in [6, 6.07) is 8.07. The Kier molecular flexibility index (Phi) is 4.89. The summed E-state index contributed by atoms with van der Waals surface area (Å²) in [5, 5.41) is 3.97. The van der Waals surface area contributed by atoms with Crippen LogP contribution in [-0.4, -0.2) is 19.3 Å². The van der Waals surface area contributed by atoms with E-state index in [1.165, 1.54) is 5.56 Å². The molecule has 0 radical (unpaired) electrons. The Hall–Kier alpha value is -2.28. The van der Waals surface area contributed by atoms with Gasteiger partial charge >= 0.3 is 0 Å². The van der Waals surface area contributed by atoms with Crippen LogP contribution in [0.1, 0.15) is 40.2 Å². The van der Waals surface area contributed by atoms with Gasteiger partial charge in [0.1, 0.15) is 17.3 Å². The minimum absolute atomic E-state index is 0.196. The van der Waals surface area contributed by atoms with Gasteiger partial charge in [-0.05, 0) is 31.9 Å². The Balaban J connectivity index is 1.61. The number of nitrogens with zero attached hydrogens (tertiary/aromatic N) is 3. The molecule has 6 nitrogen and oxygen atoms in total. The molecule has 3 rings (SSSR count). The zero-order chi connectivity index (χ0) is 17.1. The molecule has 0 aliphatic rings. The molecule has 3 aromatic rings. The van der Waals surface area contributed by atoms with Crippen LogP contribution in [0.5, 0.6) is 0 Å². The van der Waals surface area contributed by atoms with Crippen molar-refractivity contribution in [3.8, 4) is 0 Å². The van der Waals surface area contributed by atoms with Gasteiger partial charge in [0.05, 0.1) is 5.69 Å². The fraction of sp³-hybridized carbons (Fsp3) is 0.353. The SMILES string of the molecule is Cc1ccccc1Cc1noc(CS(=O)Cc2nc(C)c(C)o2)n1. The Morgan fingerprint density at radius 2 is 1.79 bits per heavy atom. The third-order valence-electron chi connectivity index (χ3n) is 3.76. The van der Waals surface area contributed by atoms with E-state index < -0.39 is 10.8 Å². The smallest absolute Gasteiger partial charge is 0.239 e. The molecule has 2 aromatic heterocycles. The molecule has 1 aromatic carbocycles. The summed E-state index contributed by atoms with van der Waals surface area (Å²) in [6.07, 6.45) is 0.598. The van der Waals surface area contributed by atoms with Crippen LogP contribution in [0.3, 0.4) is 0 Å². The van der Waals surface area contributed by atoms with Gasteiger partial charge in [-0.3, -0.25) is 4.21 Å². The molecule has 0 spiro atoms. The van der Waals surface area contributed by atoms with Crippen molar-refractivity contribution in [2.75, 3.05) is 0 Å². The van der Waals surface area contributed by atoms with Crippen LogP contribution >= 0.6 is 0 Å². The van der Waals surface area contributed by atoms with E-state index >= 15 is 0 Å². The second-order valence-electron chi connectivity index (χ2n) is 5.69. The number of oxazole rings is 1. The lowest BCUT2D eigenvalue weighted by atomic mass is 10.1. The first kappa shape index (κ1) is 16.6. The normalized spacial score (nSPS) is 12.5. The van der Waals surface area contributed by atoms with Gasteiger partial charge in [-0.1, -0.05) is 29.4 Å². The van der Waals surface area contributed by atoms with Crippen LogP contribution in [0, 0.1) is 20.8 Å². The van der Waals surface area contributed by atoms with E-state index in [0.29, 0.717) is 24.0 Å². The predicted octanol–water partition coefficient (Wildman–Crippen LogP) is 3.02. The molecule has 2 heterocycles. The monoisotopic (exact) mass is 345 g/mol. The fourth-order valence-electron chi connectivity index (χ4n) is 2.33. The minimum atomic E-state index is -1.21. The van der Waals surface area contributed by atoms with Crippen molar-refractivity contribution in [1.82, 2.24) is 15.1 Å². The lowest BCUT2D eigenvalue weighted by Gasteiger charge is -2.00. The predicted molar refractivity (Wildman–Crippen MR) is 89.8 cm³/mol. The molecule has 0 bridgehead atoms. The Morgan fingerprint density at radius 1 is 1.04 bits per heavy atom. The van der Waals surface area contributed by atoms with Crippen molar-refractivity contribution >= 4 is 10.8 Å². The number of aromatic nitrogens is 3. The van der Waals surface area contributed by atoms with Crippen LogP contribution in [0.4, 0.5) is 0 Å². The zero-order valence-corrected chi connectivity index (χ0v) is 14.7. The van der Waals surface area contributed by atoms with Gasteiger partial charge in [-0.25, -0.2) is 4.98 Å². The number of aryl methyl sites for hydroxylation is 3. The van der Waals surface area contributed by atoms with Gasteiger partial charge in [0, 0.05) is 17.2 Å². The summed E-state index contributed by atoms with van der Waals surface area (Å²) < 4.78 is 22.9. The first-order chi connectivity index (χ1) is 11.5. The lowest BCUT2D eigenvalue weighted by Crippen LogP contribution is -2.01. The Bertz CT molecular complexity index is 850. The quantitative estimate of drug-likeness (QED) is 0.683. The van der Waals surface area contributed by atoms with Crippen LogP contribution in [0.15, 0.2) is 33.2 Å². The molecule has 1 atom stereocenters. The van der Waals surface area contributed by atoms with Gasteiger partial charge in [-0.2, -0.15) is 4.98 Å². The Labute approximate surface area is 142 Å². The third-order valence-corrected chi connectivity index (χ3v) is 4.90. The zero-order valence-electron chi connectivity index (χ0n) is 13.9. The number of rotatable bonds is 6. The van der Waals surface area contributed by atoms with E-state index in [9.17, 15) is 4.21 Å². The average Bonchev–Trinajstić information content (AvgIpc) is 3.08. The second-order valence-corrected chi connectivity index (χ2v) is 7.14. The topological polar surface area (TPSA) is 82.0 Å². The van der Waals surface area contributed by atoms with Crippen LogP contribution in [0.25, 0.3) is 0 Å². The van der Waals surface area contributed by atoms with Crippen molar-refractivity contribution in [3.63, 3.8) is 0 Å². The molecular formula is C17H19N3O3S. The van der Waals surface area contributed by atoms with E-state index in [1.54, 1.807) is 0 Å². The summed E-state index contributed by atoms with van der Waals surface area (Å²) in [4.78, 5) is 8.57. The molecule has 24 heavy (non-hydrogen) atoms. The van der Waals surface area contributed by atoms with Crippen LogP contribution in [0.2, 0.25) is 0 Å². The Morgan fingerprint density at radius 3 is 2.50 bits per heavy atom. The van der Waals surface area contributed by atoms with Crippen molar-refractivity contribution in [2.45, 2.75) is 38.7 Å². The van der Waals surface area contributed by atoms with Crippen molar-refractivity contribution in [2.24, 2.45) is 0 Å². The van der Waals surface area contributed by atoms with E-state index in [4.69, 9.17) is 8.94 Å². The van der Waals surface area contributed by atoms with Crippen molar-refractivity contribution in [1.29, 1.82) is 0 Å². The van der Waals surface area contributed by atoms with E-state index in [-0.39, 0.29) is 11.5 Å². The summed E-state index contributed by atoms with van der Waals surface area (Å²) in [5.74, 6) is 2.63. The number of hydrogen-bond acceptors (Lipinski definition) is 6. The largest absolute Gasteiger partial charge is 0.445 e. The molecule has 0 saturated heterocycles. The molecular weight excluding hydrogens is 326 g/mol. The first-order valence-corrected chi connectivity index (χ1v) is 9.14. The van der Waals surface area contributed by atoms with Gasteiger partial charge in [-0.15, -0.1) is 0 Å². The summed E-state index contributed by atoms with van der Waals surface area (Å²) >= 11 is 0. The number of benzene rings is 1. The lowest BCUT2D eigenvalue weighted by molar-refractivity contribution is 0.384. The molecule has 0 N–H and O–H groups in total. The molecule has 126 valence electrons. The minimum Gasteiger partial charge on any atom is -0.445 e. The molecule has 0 aliphatic carbocycles. The maximum Gasteiger partial charge on any atom is 0.239 e. The summed E-state index contributed by atoms with van der Waals surface area (Å²) in [5.41, 5.74) is 3.15. The molecule has 0 aliphatic heterocycles. The van der Waals surface area contributed by atoms with Crippen LogP contribution in [-0.2, 0) is 28.7 Å². The van der Waals surface area contributed by atoms with E-state index in [1.807, 2.05) is 45.0 Å². The van der Waals surface area contributed by atoms with E-state index in [0.717, 1.165) is 17.0 Å². The second kappa shape index (κ2) is 7.09. The highest BCUT2D eigenvalue weighted by Crippen LogP contribution is 2.14. The van der Waals surface area contributed by atoms with E-state index in [2.05, 4.69) is 15.1 Å². The molecule has 0 saturated carbocycles. The maximum atomic E-state index is 12.2. The third kappa shape index (κ3) is 3.97. The van der Waals surface area contributed by atoms with Crippen molar-refractivity contribution in [3.05, 3.63) is 64.5 Å². The van der Waals surface area contributed by atoms with Crippen molar-refractivity contribution < 1.29 is 13.1 Å². The highest BCUT2D eigenvalue weighted by Gasteiger charge is 2.14. The van der Waals surface area contributed by atoms with Gasteiger partial charge in [0.25, 0.3) is 0 Å². The van der Waals surface area contributed by atoms with Crippen LogP contribution < -0.4 is 0 Å². The molecule has 7 heteroatoms. The molecule has 1 unspecified atom stereocenters. The highest BCUT2D eigenvalue weighted by atomic mass is 32.2. The molecule has 0 fully saturated rings. The van der Waals surface area contributed by atoms with Gasteiger partial charge in [0.15, 0.2) is 5.82 Å². The first-order valence-electron chi connectivity index (χ1n) is 7.65. The standard InChI is InChI=1S/C17H19N3O3S/c1-11-6-4-5-7-14(11)8-15-19-17(23-20-15)10-24(21)9-16-18-12(2)13(3)22-16/h4-7H,8-10H2,1-3H3. The maximum absolute atomic E-state index is 12.2. The summed E-state index contributed by atoms with van der Waals surface area (Å²) in [6.45, 7) is 5.75. The van der Waals surface area contributed by atoms with Gasteiger partial charge in [0.2, 0.25) is 11.8 Å².